The van der Waals surface area contributed by atoms with E-state index in [9.17, 15) is 10.1 Å². The van der Waals surface area contributed by atoms with Gasteiger partial charge in [-0.3, -0.25) is 5.01 Å². The second-order valence-electron chi connectivity index (χ2n) is 6.24. The Hall–Kier alpha value is -2.29. The zero-order valence-corrected chi connectivity index (χ0v) is 12.8. The molecule has 2 rings (SSSR count). The molecule has 112 valence electrons. The summed E-state index contributed by atoms with van der Waals surface area (Å²) in [6, 6.07) is 5.51. The fraction of sp³-hybridized carbons (Fsp3) is 0.533. The van der Waals surface area contributed by atoms with Crippen LogP contribution in [0.1, 0.15) is 33.3 Å². The molecule has 1 unspecified atom stereocenters. The molecule has 1 fully saturated rings. The Kier molecular flexibility index (Phi) is 4.03. The third-order valence-corrected chi connectivity index (χ3v) is 3.02. The molecule has 1 saturated heterocycles. The summed E-state index contributed by atoms with van der Waals surface area (Å²) in [5.74, 6) is 0.779. The number of ether oxygens (including phenoxy) is 1. The van der Waals surface area contributed by atoms with Crippen LogP contribution in [0.25, 0.3) is 0 Å². The monoisotopic (exact) mass is 288 g/mol. The Bertz CT molecular complexity index is 574. The largest absolute Gasteiger partial charge is 0.442 e. The van der Waals surface area contributed by atoms with Gasteiger partial charge in [-0.2, -0.15) is 5.26 Å². The predicted molar refractivity (Wildman–Crippen MR) is 78.4 cm³/mol. The molecule has 0 radical (unpaired) electrons. The van der Waals surface area contributed by atoms with Gasteiger partial charge in [-0.1, -0.05) is 6.92 Å². The summed E-state index contributed by atoms with van der Waals surface area (Å²) in [6.45, 7) is 8.72. The SMILES string of the molecule is CC1CN(C(=O)OC(C)(C)C)N(c2ncccc2C#N)C1. The summed E-state index contributed by atoms with van der Waals surface area (Å²) < 4.78 is 5.43. The number of nitrogens with zero attached hydrogens (tertiary/aromatic N) is 4. The molecule has 1 aliphatic heterocycles. The van der Waals surface area contributed by atoms with Crippen LogP contribution in [0.5, 0.6) is 0 Å². The average Bonchev–Trinajstić information content (AvgIpc) is 2.79. The molecule has 1 amide bonds. The van der Waals surface area contributed by atoms with Gasteiger partial charge in [0.1, 0.15) is 11.7 Å². The van der Waals surface area contributed by atoms with Crippen molar-refractivity contribution in [2.75, 3.05) is 18.1 Å². The minimum Gasteiger partial charge on any atom is -0.442 e. The second-order valence-corrected chi connectivity index (χ2v) is 6.24. The van der Waals surface area contributed by atoms with Gasteiger partial charge in [0.25, 0.3) is 0 Å². The second kappa shape index (κ2) is 5.60. The number of anilines is 1. The molecule has 6 nitrogen and oxygen atoms in total. The highest BCUT2D eigenvalue weighted by Gasteiger charge is 2.36. The van der Waals surface area contributed by atoms with Crippen molar-refractivity contribution in [2.45, 2.75) is 33.3 Å². The lowest BCUT2D eigenvalue weighted by molar-refractivity contribution is 0.0267. The van der Waals surface area contributed by atoms with Gasteiger partial charge in [0.05, 0.1) is 12.1 Å². The first-order valence-electron chi connectivity index (χ1n) is 6.95. The number of carbonyl (C=O) groups is 1. The summed E-state index contributed by atoms with van der Waals surface area (Å²) in [6.07, 6.45) is 1.20. The molecular formula is C15H20N4O2. The predicted octanol–water partition coefficient (Wildman–Crippen LogP) is 2.56. The van der Waals surface area contributed by atoms with E-state index in [0.29, 0.717) is 24.5 Å². The van der Waals surface area contributed by atoms with E-state index in [-0.39, 0.29) is 5.92 Å². The quantitative estimate of drug-likeness (QED) is 0.794. The fourth-order valence-corrected chi connectivity index (χ4v) is 2.22. The summed E-state index contributed by atoms with van der Waals surface area (Å²) in [5.41, 5.74) is -0.114. The number of pyridine rings is 1. The fourth-order valence-electron chi connectivity index (χ4n) is 2.22. The lowest BCUT2D eigenvalue weighted by Crippen LogP contribution is -2.44. The molecular weight excluding hydrogens is 268 g/mol. The maximum absolute atomic E-state index is 12.3. The smallest absolute Gasteiger partial charge is 0.429 e. The molecule has 2 heterocycles. The van der Waals surface area contributed by atoms with Crippen molar-refractivity contribution in [1.82, 2.24) is 9.99 Å². The first-order valence-corrected chi connectivity index (χ1v) is 6.95. The van der Waals surface area contributed by atoms with Crippen LogP contribution in [-0.4, -0.2) is 34.8 Å². The van der Waals surface area contributed by atoms with Crippen molar-refractivity contribution in [3.05, 3.63) is 23.9 Å². The Morgan fingerprint density at radius 3 is 2.81 bits per heavy atom. The van der Waals surface area contributed by atoms with Gasteiger partial charge < -0.3 is 4.74 Å². The van der Waals surface area contributed by atoms with Gasteiger partial charge in [-0.25, -0.2) is 14.8 Å². The topological polar surface area (TPSA) is 69.5 Å². The number of carbonyl (C=O) groups excluding carboxylic acids is 1. The summed E-state index contributed by atoms with van der Waals surface area (Å²) in [4.78, 5) is 16.6. The van der Waals surface area contributed by atoms with Crippen LogP contribution in [0.15, 0.2) is 18.3 Å². The molecule has 0 bridgehead atoms. The van der Waals surface area contributed by atoms with Crippen molar-refractivity contribution >= 4 is 11.9 Å². The zero-order chi connectivity index (χ0) is 15.6. The van der Waals surface area contributed by atoms with E-state index in [4.69, 9.17) is 4.74 Å². The minimum atomic E-state index is -0.559. The van der Waals surface area contributed by atoms with E-state index in [1.165, 1.54) is 5.01 Å². The molecule has 0 spiro atoms. The number of hydrazine groups is 1. The number of amides is 1. The standard InChI is InChI=1S/C15H20N4O2/c1-11-9-18(13-12(8-16)6-5-7-17-13)19(10-11)14(20)21-15(2,3)4/h5-7,11H,9-10H2,1-4H3. The average molecular weight is 288 g/mol. The van der Waals surface area contributed by atoms with Crippen LogP contribution < -0.4 is 5.01 Å². The maximum Gasteiger partial charge on any atom is 0.429 e. The Balaban J connectivity index is 2.29. The highest BCUT2D eigenvalue weighted by molar-refractivity contribution is 5.72. The van der Waals surface area contributed by atoms with Crippen LogP contribution in [0.2, 0.25) is 0 Å². The van der Waals surface area contributed by atoms with Crippen molar-refractivity contribution in [3.63, 3.8) is 0 Å². The van der Waals surface area contributed by atoms with Crippen molar-refractivity contribution in [3.8, 4) is 6.07 Å². The number of rotatable bonds is 1. The number of aromatic nitrogens is 1. The summed E-state index contributed by atoms with van der Waals surface area (Å²) in [5, 5.41) is 12.5. The molecule has 0 aliphatic carbocycles. The van der Waals surface area contributed by atoms with Crippen LogP contribution in [0.3, 0.4) is 0 Å². The van der Waals surface area contributed by atoms with Gasteiger partial charge in [0.2, 0.25) is 0 Å². The van der Waals surface area contributed by atoms with E-state index < -0.39 is 11.7 Å². The molecule has 6 heteroatoms. The van der Waals surface area contributed by atoms with E-state index in [2.05, 4.69) is 11.1 Å². The molecule has 1 atom stereocenters. The normalized spacial score (nSPS) is 18.5. The third-order valence-electron chi connectivity index (χ3n) is 3.02. The highest BCUT2D eigenvalue weighted by Crippen LogP contribution is 2.27. The molecule has 1 aliphatic rings. The minimum absolute atomic E-state index is 0.283. The Labute approximate surface area is 124 Å². The number of nitriles is 1. The Morgan fingerprint density at radius 1 is 1.48 bits per heavy atom. The van der Waals surface area contributed by atoms with Gasteiger partial charge in [-0.05, 0) is 38.8 Å². The third kappa shape index (κ3) is 3.43. The van der Waals surface area contributed by atoms with Crippen molar-refractivity contribution < 1.29 is 9.53 Å². The molecule has 1 aromatic heterocycles. The molecule has 0 N–H and O–H groups in total. The van der Waals surface area contributed by atoms with E-state index in [1.807, 2.05) is 27.7 Å². The molecule has 1 aromatic rings. The van der Waals surface area contributed by atoms with Crippen LogP contribution in [-0.2, 0) is 4.74 Å². The van der Waals surface area contributed by atoms with E-state index >= 15 is 0 Å². The summed E-state index contributed by atoms with van der Waals surface area (Å²) >= 11 is 0. The van der Waals surface area contributed by atoms with E-state index in [0.717, 1.165) is 0 Å². The first kappa shape index (κ1) is 15.1. The van der Waals surface area contributed by atoms with Crippen molar-refractivity contribution in [2.24, 2.45) is 5.92 Å². The van der Waals surface area contributed by atoms with Crippen LogP contribution >= 0.6 is 0 Å². The highest BCUT2D eigenvalue weighted by atomic mass is 16.6. The van der Waals surface area contributed by atoms with E-state index in [1.54, 1.807) is 23.3 Å². The lowest BCUT2D eigenvalue weighted by atomic mass is 10.2. The maximum atomic E-state index is 12.3. The van der Waals surface area contributed by atoms with Gasteiger partial charge in [0.15, 0.2) is 5.82 Å². The zero-order valence-electron chi connectivity index (χ0n) is 12.8. The number of hydrogen-bond acceptors (Lipinski definition) is 5. The van der Waals surface area contributed by atoms with Crippen LogP contribution in [0, 0.1) is 17.2 Å². The first-order chi connectivity index (χ1) is 9.81. The Morgan fingerprint density at radius 2 is 2.19 bits per heavy atom. The summed E-state index contributed by atoms with van der Waals surface area (Å²) in [7, 11) is 0. The molecule has 0 aromatic carbocycles. The lowest BCUT2D eigenvalue weighted by Gasteiger charge is -2.31. The van der Waals surface area contributed by atoms with Gasteiger partial charge in [-0.15, -0.1) is 0 Å². The van der Waals surface area contributed by atoms with Crippen LogP contribution in [0.4, 0.5) is 10.6 Å². The van der Waals surface area contributed by atoms with Gasteiger partial charge >= 0.3 is 6.09 Å². The molecule has 21 heavy (non-hydrogen) atoms. The number of hydrogen-bond donors (Lipinski definition) is 0. The van der Waals surface area contributed by atoms with Crippen molar-refractivity contribution in [1.29, 1.82) is 5.26 Å². The van der Waals surface area contributed by atoms with Gasteiger partial charge in [0, 0.05) is 12.7 Å². The molecule has 0 saturated carbocycles.